The zero-order chi connectivity index (χ0) is 13.4. The van der Waals surface area contributed by atoms with Gasteiger partial charge in [-0.15, -0.1) is 0 Å². The summed E-state index contributed by atoms with van der Waals surface area (Å²) in [5.74, 6) is -0.392. The second-order valence-corrected chi connectivity index (χ2v) is 4.57. The third-order valence-corrected chi connectivity index (χ3v) is 3.40. The van der Waals surface area contributed by atoms with Crippen LogP contribution in [0.15, 0.2) is 18.5 Å². The monoisotopic (exact) mass is 260 g/mol. The Bertz CT molecular complexity index is 568. The minimum Gasteiger partial charge on any atom is -0.378 e. The number of fused-ring (bicyclic) bond motifs is 1. The number of hydrogen-bond acceptors (Lipinski definition) is 3. The standard InChI is InChI=1S/C13H14N3O3/c1-15-3-2-9-11(15)10(8-14-12(9)17)13(18)16-4-6-19-7-5-16/h2-3,8H,4-7H2,1H3. The van der Waals surface area contributed by atoms with Crippen LogP contribution in [0.5, 0.6) is 0 Å². The van der Waals surface area contributed by atoms with E-state index in [9.17, 15) is 9.59 Å². The molecule has 99 valence electrons. The van der Waals surface area contributed by atoms with Gasteiger partial charge < -0.3 is 14.2 Å². The number of rotatable bonds is 1. The van der Waals surface area contributed by atoms with Gasteiger partial charge in [-0.05, 0) is 6.07 Å². The van der Waals surface area contributed by atoms with E-state index in [-0.39, 0.29) is 11.8 Å². The van der Waals surface area contributed by atoms with Crippen LogP contribution in [0.3, 0.4) is 0 Å². The van der Waals surface area contributed by atoms with Crippen molar-refractivity contribution in [3.8, 4) is 0 Å². The highest BCUT2D eigenvalue weighted by Crippen LogP contribution is 2.25. The summed E-state index contributed by atoms with van der Waals surface area (Å²) in [6.07, 6.45) is 3.15. The van der Waals surface area contributed by atoms with Crippen molar-refractivity contribution in [3.63, 3.8) is 0 Å². The first-order valence-electron chi connectivity index (χ1n) is 6.16. The van der Waals surface area contributed by atoms with Gasteiger partial charge in [-0.3, -0.25) is 9.59 Å². The van der Waals surface area contributed by atoms with Crippen molar-refractivity contribution in [3.05, 3.63) is 29.7 Å². The molecule has 0 aliphatic carbocycles. The molecule has 2 amide bonds. The Balaban J connectivity index is 1.94. The predicted octanol–water partition coefficient (Wildman–Crippen LogP) is -0.0170. The summed E-state index contributed by atoms with van der Waals surface area (Å²) in [5.41, 5.74) is 1.61. The van der Waals surface area contributed by atoms with E-state index >= 15 is 0 Å². The molecule has 1 saturated heterocycles. The SMILES string of the molecule is Cn1ccc2c1C(C(=O)N1CCOCC1)=C[N]C2=O. The molecule has 0 unspecified atom stereocenters. The predicted molar refractivity (Wildman–Crippen MR) is 67.3 cm³/mol. The maximum atomic E-state index is 12.5. The molecule has 1 radical (unpaired) electrons. The molecule has 2 aliphatic rings. The average molecular weight is 260 g/mol. The zero-order valence-corrected chi connectivity index (χ0v) is 10.6. The molecule has 1 aromatic rings. The molecule has 0 bridgehead atoms. The highest BCUT2D eigenvalue weighted by Gasteiger charge is 2.30. The normalized spacial score (nSPS) is 18.7. The van der Waals surface area contributed by atoms with Crippen molar-refractivity contribution < 1.29 is 14.3 Å². The molecule has 2 aliphatic heterocycles. The van der Waals surface area contributed by atoms with Gasteiger partial charge in [0.15, 0.2) is 0 Å². The third-order valence-electron chi connectivity index (χ3n) is 3.40. The molecular formula is C13H14N3O3. The topological polar surface area (TPSA) is 65.6 Å². The molecule has 1 aromatic heterocycles. The van der Waals surface area contributed by atoms with Crippen molar-refractivity contribution in [2.75, 3.05) is 26.3 Å². The molecule has 6 nitrogen and oxygen atoms in total. The zero-order valence-electron chi connectivity index (χ0n) is 10.6. The van der Waals surface area contributed by atoms with E-state index in [4.69, 9.17) is 4.74 Å². The Morgan fingerprint density at radius 3 is 2.84 bits per heavy atom. The van der Waals surface area contributed by atoms with Crippen molar-refractivity contribution in [1.82, 2.24) is 14.8 Å². The van der Waals surface area contributed by atoms with E-state index in [2.05, 4.69) is 5.32 Å². The lowest BCUT2D eigenvalue weighted by Crippen LogP contribution is -2.42. The minimum atomic E-state index is -0.297. The molecule has 0 saturated carbocycles. The van der Waals surface area contributed by atoms with Gasteiger partial charge >= 0.3 is 0 Å². The lowest BCUT2D eigenvalue weighted by Gasteiger charge is -2.28. The first kappa shape index (κ1) is 12.0. The second-order valence-electron chi connectivity index (χ2n) is 4.57. The number of hydrogen-bond donors (Lipinski definition) is 0. The third kappa shape index (κ3) is 1.94. The van der Waals surface area contributed by atoms with Crippen LogP contribution >= 0.6 is 0 Å². The Labute approximate surface area is 110 Å². The van der Waals surface area contributed by atoms with E-state index < -0.39 is 0 Å². The molecule has 3 heterocycles. The second kappa shape index (κ2) is 4.55. The van der Waals surface area contributed by atoms with Crippen molar-refractivity contribution in [1.29, 1.82) is 0 Å². The van der Waals surface area contributed by atoms with Gasteiger partial charge in [0.05, 0.1) is 30.0 Å². The minimum absolute atomic E-state index is 0.0948. The summed E-state index contributed by atoms with van der Waals surface area (Å²) in [5, 5.41) is 3.79. The summed E-state index contributed by atoms with van der Waals surface area (Å²) in [7, 11) is 1.82. The quantitative estimate of drug-likeness (QED) is 0.713. The number of morpholine rings is 1. The van der Waals surface area contributed by atoms with E-state index in [1.54, 1.807) is 21.7 Å². The van der Waals surface area contributed by atoms with Crippen LogP contribution in [0, 0.1) is 0 Å². The highest BCUT2D eigenvalue weighted by atomic mass is 16.5. The van der Waals surface area contributed by atoms with E-state index in [1.165, 1.54) is 6.20 Å². The van der Waals surface area contributed by atoms with Crippen molar-refractivity contribution in [2.24, 2.45) is 7.05 Å². The molecule has 0 spiro atoms. The van der Waals surface area contributed by atoms with Crippen LogP contribution < -0.4 is 5.32 Å². The summed E-state index contributed by atoms with van der Waals surface area (Å²) in [6.45, 7) is 2.25. The van der Waals surface area contributed by atoms with Crippen LogP contribution in [0.4, 0.5) is 0 Å². The summed E-state index contributed by atoms with van der Waals surface area (Å²) in [4.78, 5) is 25.9. The smallest absolute Gasteiger partial charge is 0.279 e. The van der Waals surface area contributed by atoms with Crippen LogP contribution in [0.1, 0.15) is 16.1 Å². The van der Waals surface area contributed by atoms with Crippen LogP contribution in [0.2, 0.25) is 0 Å². The van der Waals surface area contributed by atoms with Gasteiger partial charge in [-0.1, -0.05) is 0 Å². The Hall–Kier alpha value is -2.08. The number of carbonyl (C=O) groups excluding carboxylic acids is 2. The lowest BCUT2D eigenvalue weighted by molar-refractivity contribution is -0.129. The molecule has 0 aromatic carbocycles. The van der Waals surface area contributed by atoms with Gasteiger partial charge in [-0.2, -0.15) is 0 Å². The number of amides is 2. The summed E-state index contributed by atoms with van der Waals surface area (Å²) in [6, 6.07) is 1.70. The number of aryl methyl sites for hydroxylation is 1. The summed E-state index contributed by atoms with van der Waals surface area (Å²) >= 11 is 0. The number of ether oxygens (including phenoxy) is 1. The molecule has 6 heteroatoms. The maximum Gasteiger partial charge on any atom is 0.279 e. The fourth-order valence-electron chi connectivity index (χ4n) is 2.38. The first-order chi connectivity index (χ1) is 9.18. The molecule has 0 atom stereocenters. The van der Waals surface area contributed by atoms with E-state index in [0.29, 0.717) is 43.1 Å². The number of carbonyl (C=O) groups is 2. The van der Waals surface area contributed by atoms with Crippen molar-refractivity contribution >= 4 is 17.4 Å². The lowest BCUT2D eigenvalue weighted by atomic mass is 10.0. The Kier molecular flexibility index (Phi) is 2.87. The van der Waals surface area contributed by atoms with Crippen LogP contribution in [-0.4, -0.2) is 47.6 Å². The maximum absolute atomic E-state index is 12.5. The molecule has 0 N–H and O–H groups in total. The van der Waals surface area contributed by atoms with E-state index in [1.807, 2.05) is 7.05 Å². The molecule has 3 rings (SSSR count). The first-order valence-corrected chi connectivity index (χ1v) is 6.16. The largest absolute Gasteiger partial charge is 0.378 e. The molecule has 1 fully saturated rings. The fourth-order valence-corrected chi connectivity index (χ4v) is 2.38. The van der Waals surface area contributed by atoms with Crippen LogP contribution in [-0.2, 0) is 16.6 Å². The van der Waals surface area contributed by atoms with Gasteiger partial charge in [0, 0.05) is 32.5 Å². The fraction of sp³-hybridized carbons (Fsp3) is 0.385. The highest BCUT2D eigenvalue weighted by molar-refractivity contribution is 6.23. The Morgan fingerprint density at radius 2 is 2.11 bits per heavy atom. The number of nitrogens with zero attached hydrogens (tertiary/aromatic N) is 3. The van der Waals surface area contributed by atoms with Gasteiger partial charge in [0.1, 0.15) is 0 Å². The molecule has 19 heavy (non-hydrogen) atoms. The van der Waals surface area contributed by atoms with Gasteiger partial charge in [-0.25, -0.2) is 5.32 Å². The number of aromatic nitrogens is 1. The van der Waals surface area contributed by atoms with Crippen molar-refractivity contribution in [2.45, 2.75) is 0 Å². The Morgan fingerprint density at radius 1 is 1.37 bits per heavy atom. The van der Waals surface area contributed by atoms with E-state index in [0.717, 1.165) is 0 Å². The van der Waals surface area contributed by atoms with Gasteiger partial charge in [0.25, 0.3) is 11.8 Å². The summed E-state index contributed by atoms with van der Waals surface area (Å²) < 4.78 is 7.02. The molecular weight excluding hydrogens is 246 g/mol. The van der Waals surface area contributed by atoms with Crippen LogP contribution in [0.25, 0.3) is 5.57 Å². The van der Waals surface area contributed by atoms with Gasteiger partial charge in [0.2, 0.25) is 0 Å². The average Bonchev–Trinajstić information content (AvgIpc) is 2.83.